The second kappa shape index (κ2) is 6.91. The van der Waals surface area contributed by atoms with Crippen molar-refractivity contribution in [1.29, 1.82) is 0 Å². The van der Waals surface area contributed by atoms with Crippen LogP contribution in [0.25, 0.3) is 0 Å². The summed E-state index contributed by atoms with van der Waals surface area (Å²) in [7, 11) is -4.23. The predicted octanol–water partition coefficient (Wildman–Crippen LogP) is 3.02. The number of hydrogen-bond acceptors (Lipinski definition) is 3. The molecule has 2 aromatic rings. The molecule has 0 fully saturated rings. The Morgan fingerprint density at radius 2 is 1.82 bits per heavy atom. The number of urea groups is 1. The van der Waals surface area contributed by atoms with E-state index in [1.54, 1.807) is 0 Å². The van der Waals surface area contributed by atoms with E-state index in [0.717, 1.165) is 10.0 Å². The highest BCUT2D eigenvalue weighted by Gasteiger charge is 2.09. The molecule has 116 valence electrons. The van der Waals surface area contributed by atoms with Crippen molar-refractivity contribution in [2.24, 2.45) is 0 Å². The first-order valence-corrected chi connectivity index (χ1v) is 8.45. The summed E-state index contributed by atoms with van der Waals surface area (Å²) < 4.78 is 31.6. The maximum Gasteiger partial charge on any atom is 0.319 e. The molecule has 2 aromatic carbocycles. The van der Waals surface area contributed by atoms with Crippen LogP contribution in [0.15, 0.2) is 57.9 Å². The molecule has 0 aromatic heterocycles. The number of carbonyl (C=O) groups excluding carboxylic acids is 1. The molecule has 0 heterocycles. The molecule has 0 saturated carbocycles. The van der Waals surface area contributed by atoms with Gasteiger partial charge >= 0.3 is 6.03 Å². The van der Waals surface area contributed by atoms with Crippen molar-refractivity contribution in [3.8, 4) is 0 Å². The number of nitrogens with one attached hydrogen (secondary N) is 2. The van der Waals surface area contributed by atoms with E-state index in [1.807, 2.05) is 24.3 Å². The van der Waals surface area contributed by atoms with Gasteiger partial charge in [0.2, 0.25) is 0 Å². The monoisotopic (exact) mass is 384 g/mol. The minimum atomic E-state index is -4.23. The van der Waals surface area contributed by atoms with Gasteiger partial charge in [0.25, 0.3) is 10.1 Å². The van der Waals surface area contributed by atoms with Gasteiger partial charge in [-0.3, -0.25) is 4.55 Å². The number of benzene rings is 2. The lowest BCUT2D eigenvalue weighted by atomic mass is 10.2. The lowest BCUT2D eigenvalue weighted by Crippen LogP contribution is -2.28. The predicted molar refractivity (Wildman–Crippen MR) is 86.3 cm³/mol. The molecule has 0 spiro atoms. The summed E-state index contributed by atoms with van der Waals surface area (Å²) in [6, 6.07) is 12.3. The molecule has 8 heteroatoms. The Morgan fingerprint density at radius 3 is 2.41 bits per heavy atom. The van der Waals surface area contributed by atoms with Crippen LogP contribution >= 0.6 is 15.9 Å². The zero-order chi connectivity index (χ0) is 16.2. The highest BCUT2D eigenvalue weighted by atomic mass is 79.9. The summed E-state index contributed by atoms with van der Waals surface area (Å²) in [4.78, 5) is 11.5. The Balaban J connectivity index is 1.92. The van der Waals surface area contributed by atoms with Gasteiger partial charge in [0, 0.05) is 16.7 Å². The fourth-order valence-electron chi connectivity index (χ4n) is 1.71. The van der Waals surface area contributed by atoms with Crippen LogP contribution in [0.3, 0.4) is 0 Å². The van der Waals surface area contributed by atoms with Gasteiger partial charge in [-0.05, 0) is 42.0 Å². The van der Waals surface area contributed by atoms with Crippen molar-refractivity contribution in [3.05, 3.63) is 58.6 Å². The first-order chi connectivity index (χ1) is 10.3. The van der Waals surface area contributed by atoms with Crippen molar-refractivity contribution < 1.29 is 17.8 Å². The highest BCUT2D eigenvalue weighted by Crippen LogP contribution is 2.14. The lowest BCUT2D eigenvalue weighted by molar-refractivity contribution is 0.251. The van der Waals surface area contributed by atoms with E-state index >= 15 is 0 Å². The Morgan fingerprint density at radius 1 is 1.14 bits per heavy atom. The third-order valence-electron chi connectivity index (χ3n) is 2.75. The van der Waals surface area contributed by atoms with E-state index in [-0.39, 0.29) is 4.90 Å². The fourth-order valence-corrected chi connectivity index (χ4v) is 2.64. The second-order valence-electron chi connectivity index (χ2n) is 4.44. The number of halogens is 1. The Kier molecular flexibility index (Phi) is 5.17. The van der Waals surface area contributed by atoms with E-state index in [9.17, 15) is 13.2 Å². The standard InChI is InChI=1S/C14H13BrN2O4S/c15-11-3-1-2-10(8-11)9-16-14(18)17-12-4-6-13(7-5-12)22(19,20)21/h1-8H,9H2,(H2,16,17,18)(H,19,20,21). The average molecular weight is 385 g/mol. The molecule has 0 atom stereocenters. The van der Waals surface area contributed by atoms with E-state index < -0.39 is 16.1 Å². The van der Waals surface area contributed by atoms with Crippen LogP contribution in [0.4, 0.5) is 10.5 Å². The summed E-state index contributed by atoms with van der Waals surface area (Å²) >= 11 is 3.35. The van der Waals surface area contributed by atoms with Crippen LogP contribution in [0.2, 0.25) is 0 Å². The highest BCUT2D eigenvalue weighted by molar-refractivity contribution is 9.10. The molecule has 3 N–H and O–H groups in total. The molecule has 0 aliphatic carbocycles. The topological polar surface area (TPSA) is 95.5 Å². The zero-order valence-electron chi connectivity index (χ0n) is 11.3. The fraction of sp³-hybridized carbons (Fsp3) is 0.0714. The molecule has 6 nitrogen and oxygen atoms in total. The quantitative estimate of drug-likeness (QED) is 0.705. The van der Waals surface area contributed by atoms with E-state index in [4.69, 9.17) is 4.55 Å². The van der Waals surface area contributed by atoms with Crippen molar-refractivity contribution in [1.82, 2.24) is 5.32 Å². The first kappa shape index (κ1) is 16.5. The van der Waals surface area contributed by atoms with Gasteiger partial charge in [-0.2, -0.15) is 8.42 Å². The summed E-state index contributed by atoms with van der Waals surface area (Å²) in [6.07, 6.45) is 0. The molecular weight excluding hydrogens is 372 g/mol. The first-order valence-electron chi connectivity index (χ1n) is 6.21. The number of anilines is 1. The van der Waals surface area contributed by atoms with Crippen LogP contribution < -0.4 is 10.6 Å². The van der Waals surface area contributed by atoms with Crippen molar-refractivity contribution in [3.63, 3.8) is 0 Å². The largest absolute Gasteiger partial charge is 0.334 e. The van der Waals surface area contributed by atoms with Crippen molar-refractivity contribution >= 4 is 37.8 Å². The molecule has 0 aliphatic rings. The van der Waals surface area contributed by atoms with Gasteiger partial charge in [0.05, 0.1) is 4.90 Å². The van der Waals surface area contributed by atoms with Gasteiger partial charge in [-0.25, -0.2) is 4.79 Å². The third kappa shape index (κ3) is 4.83. The molecule has 0 radical (unpaired) electrons. The van der Waals surface area contributed by atoms with Gasteiger partial charge in [0.1, 0.15) is 0 Å². The van der Waals surface area contributed by atoms with Gasteiger partial charge < -0.3 is 10.6 Å². The van der Waals surface area contributed by atoms with Crippen LogP contribution in [0, 0.1) is 0 Å². The van der Waals surface area contributed by atoms with Crippen LogP contribution in [-0.2, 0) is 16.7 Å². The smallest absolute Gasteiger partial charge is 0.319 e. The lowest BCUT2D eigenvalue weighted by Gasteiger charge is -2.08. The average Bonchev–Trinajstić information content (AvgIpc) is 2.45. The molecule has 0 aliphatic heterocycles. The third-order valence-corrected chi connectivity index (χ3v) is 4.11. The molecule has 22 heavy (non-hydrogen) atoms. The van der Waals surface area contributed by atoms with E-state index in [0.29, 0.717) is 12.2 Å². The summed E-state index contributed by atoms with van der Waals surface area (Å²) in [5, 5.41) is 5.25. The summed E-state index contributed by atoms with van der Waals surface area (Å²) in [5.74, 6) is 0. The molecule has 2 amide bonds. The number of carbonyl (C=O) groups is 1. The molecular formula is C14H13BrN2O4S. The number of hydrogen-bond donors (Lipinski definition) is 3. The second-order valence-corrected chi connectivity index (χ2v) is 6.77. The number of amides is 2. The Bertz CT molecular complexity index is 776. The minimum absolute atomic E-state index is 0.229. The van der Waals surface area contributed by atoms with E-state index in [2.05, 4.69) is 26.6 Å². The van der Waals surface area contributed by atoms with Crippen LogP contribution in [0.1, 0.15) is 5.56 Å². The van der Waals surface area contributed by atoms with Crippen molar-refractivity contribution in [2.75, 3.05) is 5.32 Å². The Labute approximate surface area is 136 Å². The maximum atomic E-state index is 11.8. The van der Waals surface area contributed by atoms with Crippen LogP contribution in [0.5, 0.6) is 0 Å². The minimum Gasteiger partial charge on any atom is -0.334 e. The molecule has 0 bridgehead atoms. The van der Waals surface area contributed by atoms with Gasteiger partial charge in [-0.1, -0.05) is 28.1 Å². The number of rotatable bonds is 4. The zero-order valence-corrected chi connectivity index (χ0v) is 13.7. The van der Waals surface area contributed by atoms with Crippen LogP contribution in [-0.4, -0.2) is 19.0 Å². The summed E-state index contributed by atoms with van der Waals surface area (Å²) in [6.45, 7) is 0.356. The SMILES string of the molecule is O=C(NCc1cccc(Br)c1)Nc1ccc(S(=O)(=O)O)cc1. The van der Waals surface area contributed by atoms with Gasteiger partial charge in [0.15, 0.2) is 0 Å². The molecule has 0 unspecified atom stereocenters. The normalized spacial score (nSPS) is 11.0. The van der Waals surface area contributed by atoms with E-state index in [1.165, 1.54) is 24.3 Å². The summed E-state index contributed by atoms with van der Waals surface area (Å²) in [5.41, 5.74) is 1.35. The molecule has 0 saturated heterocycles. The Hall–Kier alpha value is -1.90. The van der Waals surface area contributed by atoms with Gasteiger partial charge in [-0.15, -0.1) is 0 Å². The maximum absolute atomic E-state index is 11.8. The molecule has 2 rings (SSSR count). The van der Waals surface area contributed by atoms with Crippen molar-refractivity contribution in [2.45, 2.75) is 11.4 Å².